The quantitative estimate of drug-likeness (QED) is 0.845. The van der Waals surface area contributed by atoms with E-state index in [4.69, 9.17) is 0 Å². The topological polar surface area (TPSA) is 63.2 Å². The van der Waals surface area contributed by atoms with Crippen LogP contribution in [-0.2, 0) is 21.1 Å². The van der Waals surface area contributed by atoms with E-state index in [-0.39, 0.29) is 12.5 Å². The van der Waals surface area contributed by atoms with Crippen LogP contribution in [0.3, 0.4) is 0 Å². The number of sulfone groups is 1. The number of nitrogens with one attached hydrogen (secondary N) is 1. The third-order valence-electron chi connectivity index (χ3n) is 2.24. The lowest BCUT2D eigenvalue weighted by Crippen LogP contribution is -2.23. The van der Waals surface area contributed by atoms with Gasteiger partial charge in [0.2, 0.25) is 5.91 Å². The van der Waals surface area contributed by atoms with Crippen LogP contribution in [-0.4, -0.2) is 27.1 Å². The predicted molar refractivity (Wildman–Crippen MR) is 71.8 cm³/mol. The van der Waals surface area contributed by atoms with Crippen molar-refractivity contribution in [1.82, 2.24) is 5.32 Å². The molecule has 5 heteroatoms. The molecule has 0 aliphatic rings. The number of benzene rings is 1. The van der Waals surface area contributed by atoms with Gasteiger partial charge in [0.15, 0.2) is 9.84 Å². The van der Waals surface area contributed by atoms with Gasteiger partial charge in [-0.15, -0.1) is 0 Å². The van der Waals surface area contributed by atoms with Crippen LogP contribution in [0, 0.1) is 0 Å². The maximum absolute atomic E-state index is 11.4. The van der Waals surface area contributed by atoms with Crippen molar-refractivity contribution in [3.05, 3.63) is 47.4 Å². The van der Waals surface area contributed by atoms with Gasteiger partial charge in [0.25, 0.3) is 0 Å². The van der Waals surface area contributed by atoms with Crippen molar-refractivity contribution < 1.29 is 13.2 Å². The van der Waals surface area contributed by atoms with Gasteiger partial charge in [-0.05, 0) is 12.0 Å². The van der Waals surface area contributed by atoms with Crippen LogP contribution in [0.15, 0.2) is 41.8 Å². The summed E-state index contributed by atoms with van der Waals surface area (Å²) < 4.78 is 21.6. The highest BCUT2D eigenvalue weighted by Crippen LogP contribution is 2.01. The molecular formula is C13H17NO3S. The first-order valence-corrected chi connectivity index (χ1v) is 7.60. The van der Waals surface area contributed by atoms with Crippen LogP contribution >= 0.6 is 0 Å². The molecule has 0 saturated carbocycles. The molecule has 1 aromatic carbocycles. The van der Waals surface area contributed by atoms with E-state index in [1.807, 2.05) is 30.3 Å². The minimum absolute atomic E-state index is 0.0861. The second-order valence-corrected chi connectivity index (χ2v) is 5.92. The SMILES string of the molecule is CS(=O)(=O)/C=C/CNC(=O)CCc1ccccc1. The molecule has 0 aliphatic carbocycles. The second kappa shape index (κ2) is 6.96. The minimum Gasteiger partial charge on any atom is -0.353 e. The van der Waals surface area contributed by atoms with Crippen molar-refractivity contribution in [3.8, 4) is 0 Å². The normalized spacial score (nSPS) is 11.6. The number of carbonyl (C=O) groups excluding carboxylic acids is 1. The highest BCUT2D eigenvalue weighted by molar-refractivity contribution is 7.93. The summed E-state index contributed by atoms with van der Waals surface area (Å²) in [5, 5.41) is 3.72. The molecule has 0 saturated heterocycles. The molecule has 0 fully saturated rings. The van der Waals surface area contributed by atoms with E-state index in [1.165, 1.54) is 6.08 Å². The molecule has 0 bridgehead atoms. The van der Waals surface area contributed by atoms with E-state index in [1.54, 1.807) is 0 Å². The molecular weight excluding hydrogens is 250 g/mol. The molecule has 0 spiro atoms. The molecule has 0 unspecified atom stereocenters. The average Bonchev–Trinajstić information content (AvgIpc) is 2.32. The summed E-state index contributed by atoms with van der Waals surface area (Å²) in [4.78, 5) is 11.4. The zero-order valence-electron chi connectivity index (χ0n) is 10.3. The summed E-state index contributed by atoms with van der Waals surface area (Å²) in [6.45, 7) is 0.237. The lowest BCUT2D eigenvalue weighted by Gasteiger charge is -2.02. The van der Waals surface area contributed by atoms with Gasteiger partial charge in [0.05, 0.1) is 0 Å². The number of hydrogen-bond acceptors (Lipinski definition) is 3. The Morgan fingerprint density at radius 3 is 2.56 bits per heavy atom. The van der Waals surface area contributed by atoms with Crippen molar-refractivity contribution in [2.24, 2.45) is 0 Å². The first kappa shape index (κ1) is 14.4. The van der Waals surface area contributed by atoms with Crippen LogP contribution in [0.25, 0.3) is 0 Å². The summed E-state index contributed by atoms with van der Waals surface area (Å²) in [6, 6.07) is 9.73. The first-order valence-electron chi connectivity index (χ1n) is 5.64. The molecule has 18 heavy (non-hydrogen) atoms. The van der Waals surface area contributed by atoms with Gasteiger partial charge in [-0.1, -0.05) is 36.4 Å². The van der Waals surface area contributed by atoms with Gasteiger partial charge in [-0.2, -0.15) is 0 Å². The second-order valence-electron chi connectivity index (χ2n) is 3.99. The van der Waals surface area contributed by atoms with Crippen LogP contribution < -0.4 is 5.32 Å². The Hall–Kier alpha value is -1.62. The Morgan fingerprint density at radius 1 is 1.28 bits per heavy atom. The van der Waals surface area contributed by atoms with Crippen LogP contribution in [0.5, 0.6) is 0 Å². The monoisotopic (exact) mass is 267 g/mol. The number of carbonyl (C=O) groups is 1. The lowest BCUT2D eigenvalue weighted by molar-refractivity contribution is -0.120. The molecule has 0 aliphatic heterocycles. The number of hydrogen-bond donors (Lipinski definition) is 1. The van der Waals surface area contributed by atoms with E-state index < -0.39 is 9.84 Å². The Morgan fingerprint density at radius 2 is 1.94 bits per heavy atom. The maximum Gasteiger partial charge on any atom is 0.220 e. The van der Waals surface area contributed by atoms with Crippen LogP contribution in [0.1, 0.15) is 12.0 Å². The van der Waals surface area contributed by atoms with Crippen molar-refractivity contribution in [1.29, 1.82) is 0 Å². The Bertz CT molecular complexity index is 506. The molecule has 1 amide bonds. The zero-order chi connectivity index (χ0) is 13.4. The largest absolute Gasteiger partial charge is 0.353 e. The summed E-state index contributed by atoms with van der Waals surface area (Å²) in [7, 11) is -3.11. The molecule has 98 valence electrons. The zero-order valence-corrected chi connectivity index (χ0v) is 11.1. The minimum atomic E-state index is -3.11. The highest BCUT2D eigenvalue weighted by atomic mass is 32.2. The third-order valence-corrected chi connectivity index (χ3v) is 2.93. The average molecular weight is 267 g/mol. The van der Waals surface area contributed by atoms with E-state index >= 15 is 0 Å². The summed E-state index contributed by atoms with van der Waals surface area (Å²) >= 11 is 0. The lowest BCUT2D eigenvalue weighted by atomic mass is 10.1. The van der Waals surface area contributed by atoms with E-state index in [9.17, 15) is 13.2 Å². The third kappa shape index (κ3) is 6.85. The van der Waals surface area contributed by atoms with E-state index in [0.717, 1.165) is 17.2 Å². The van der Waals surface area contributed by atoms with Crippen molar-refractivity contribution in [3.63, 3.8) is 0 Å². The van der Waals surface area contributed by atoms with Gasteiger partial charge < -0.3 is 5.32 Å². The summed E-state index contributed by atoms with van der Waals surface area (Å²) in [6.07, 6.45) is 3.62. The standard InChI is InChI=1S/C13H17NO3S/c1-18(16,17)11-5-10-14-13(15)9-8-12-6-3-2-4-7-12/h2-7,11H,8-10H2,1H3,(H,14,15)/b11-5+. The van der Waals surface area contributed by atoms with Gasteiger partial charge in [-0.25, -0.2) is 8.42 Å². The molecule has 1 N–H and O–H groups in total. The van der Waals surface area contributed by atoms with Crippen molar-refractivity contribution in [2.45, 2.75) is 12.8 Å². The fraction of sp³-hybridized carbons (Fsp3) is 0.308. The summed E-state index contributed by atoms with van der Waals surface area (Å²) in [5.41, 5.74) is 1.11. The number of amides is 1. The molecule has 0 aromatic heterocycles. The summed E-state index contributed by atoms with van der Waals surface area (Å²) in [5.74, 6) is -0.0861. The molecule has 4 nitrogen and oxygen atoms in total. The van der Waals surface area contributed by atoms with Gasteiger partial charge >= 0.3 is 0 Å². The van der Waals surface area contributed by atoms with Crippen LogP contribution in [0.4, 0.5) is 0 Å². The van der Waals surface area contributed by atoms with Gasteiger partial charge in [0, 0.05) is 24.6 Å². The van der Waals surface area contributed by atoms with E-state index in [0.29, 0.717) is 12.8 Å². The predicted octanol–water partition coefficient (Wildman–Crippen LogP) is 1.29. The molecule has 0 heterocycles. The molecule has 1 rings (SSSR count). The molecule has 0 radical (unpaired) electrons. The Balaban J connectivity index is 2.25. The first-order chi connectivity index (χ1) is 8.47. The Kier molecular flexibility index (Phi) is 5.58. The molecule has 1 aromatic rings. The van der Waals surface area contributed by atoms with Crippen molar-refractivity contribution >= 4 is 15.7 Å². The van der Waals surface area contributed by atoms with Crippen LogP contribution in [0.2, 0.25) is 0 Å². The fourth-order valence-electron chi connectivity index (χ4n) is 1.39. The van der Waals surface area contributed by atoms with Gasteiger partial charge in [0.1, 0.15) is 0 Å². The van der Waals surface area contributed by atoms with Crippen molar-refractivity contribution in [2.75, 3.05) is 12.8 Å². The van der Waals surface area contributed by atoms with E-state index in [2.05, 4.69) is 5.32 Å². The maximum atomic E-state index is 11.4. The fourth-order valence-corrected chi connectivity index (χ4v) is 1.83. The Labute approximate surface area is 108 Å². The highest BCUT2D eigenvalue weighted by Gasteiger charge is 2.00. The number of aryl methyl sites for hydroxylation is 1. The van der Waals surface area contributed by atoms with Gasteiger partial charge in [-0.3, -0.25) is 4.79 Å². The smallest absolute Gasteiger partial charge is 0.220 e. The number of rotatable bonds is 6. The molecule has 0 atom stereocenters.